The summed E-state index contributed by atoms with van der Waals surface area (Å²) in [6, 6.07) is 8.02. The van der Waals surface area contributed by atoms with Crippen LogP contribution in [-0.4, -0.2) is 27.2 Å². The number of hydrogen-bond acceptors (Lipinski definition) is 7. The Bertz CT molecular complexity index is 760. The molecule has 0 unspecified atom stereocenters. The summed E-state index contributed by atoms with van der Waals surface area (Å²) in [6.07, 6.45) is 0. The van der Waals surface area contributed by atoms with E-state index in [4.69, 9.17) is 13.8 Å². The van der Waals surface area contributed by atoms with E-state index in [0.717, 1.165) is 14.2 Å². The molecular formula is C14H14N3O5P. The maximum Gasteiger partial charge on any atom is 0.352 e. The Labute approximate surface area is 133 Å². The minimum Gasteiger partial charge on any atom is -0.497 e. The van der Waals surface area contributed by atoms with E-state index in [2.05, 4.69) is 5.32 Å². The van der Waals surface area contributed by atoms with Crippen molar-refractivity contribution in [1.29, 1.82) is 10.5 Å². The van der Waals surface area contributed by atoms with Crippen LogP contribution in [0.4, 0.5) is 5.69 Å². The van der Waals surface area contributed by atoms with Gasteiger partial charge in [-0.15, -0.1) is 0 Å². The Balaban J connectivity index is 2.91. The molecule has 9 heteroatoms. The Morgan fingerprint density at radius 3 is 2.30 bits per heavy atom. The van der Waals surface area contributed by atoms with Crippen molar-refractivity contribution in [1.82, 2.24) is 0 Å². The molecule has 1 aliphatic heterocycles. The molecule has 1 amide bonds. The van der Waals surface area contributed by atoms with Gasteiger partial charge in [0.15, 0.2) is 5.92 Å². The van der Waals surface area contributed by atoms with Gasteiger partial charge in [0.1, 0.15) is 5.75 Å². The fraction of sp³-hybridized carbons (Fsp3) is 0.357. The Kier molecular flexibility index (Phi) is 4.44. The van der Waals surface area contributed by atoms with Crippen molar-refractivity contribution in [2.24, 2.45) is 5.92 Å². The minimum absolute atomic E-state index is 0.169. The third-order valence-corrected chi connectivity index (χ3v) is 6.35. The molecule has 1 atom stereocenters. The molecule has 0 aromatic heterocycles. The molecule has 1 aromatic rings. The fourth-order valence-corrected chi connectivity index (χ4v) is 4.65. The van der Waals surface area contributed by atoms with Gasteiger partial charge in [-0.1, -0.05) is 0 Å². The molecule has 0 saturated carbocycles. The predicted octanol–water partition coefficient (Wildman–Crippen LogP) is 1.99. The highest BCUT2D eigenvalue weighted by atomic mass is 31.2. The molecule has 1 aromatic carbocycles. The zero-order valence-corrected chi connectivity index (χ0v) is 13.6. The molecule has 23 heavy (non-hydrogen) atoms. The Morgan fingerprint density at radius 2 is 1.83 bits per heavy atom. The highest BCUT2D eigenvalue weighted by molar-refractivity contribution is 7.56. The number of methoxy groups -OCH3 is 1. The second-order valence-electron chi connectivity index (χ2n) is 4.69. The summed E-state index contributed by atoms with van der Waals surface area (Å²) in [5, 5.41) is 19.2. The van der Waals surface area contributed by atoms with Gasteiger partial charge in [0.25, 0.3) is 0 Å². The summed E-state index contributed by atoms with van der Waals surface area (Å²) in [4.78, 5) is 12.7. The first kappa shape index (κ1) is 17.0. The van der Waals surface area contributed by atoms with Gasteiger partial charge in [-0.05, 0) is 18.2 Å². The Hall–Kier alpha value is -2.38. The summed E-state index contributed by atoms with van der Waals surface area (Å²) in [5.41, 5.74) is 0.489. The smallest absolute Gasteiger partial charge is 0.352 e. The number of carbonyl (C=O) groups excluding carboxylic acids is 1. The zero-order chi connectivity index (χ0) is 17.3. The van der Waals surface area contributed by atoms with Crippen LogP contribution in [0.3, 0.4) is 0 Å². The number of benzene rings is 1. The highest BCUT2D eigenvalue weighted by Crippen LogP contribution is 2.70. The molecule has 0 spiro atoms. The van der Waals surface area contributed by atoms with E-state index in [9.17, 15) is 19.9 Å². The van der Waals surface area contributed by atoms with Gasteiger partial charge in [0.2, 0.25) is 11.1 Å². The van der Waals surface area contributed by atoms with Crippen LogP contribution in [-0.2, 0) is 23.6 Å². The lowest BCUT2D eigenvalue weighted by Crippen LogP contribution is -2.41. The summed E-state index contributed by atoms with van der Waals surface area (Å²) < 4.78 is 28.3. The largest absolute Gasteiger partial charge is 0.497 e. The number of hydrogen-bond donors (Lipinski definition) is 1. The van der Waals surface area contributed by atoms with Gasteiger partial charge in [-0.2, -0.15) is 10.5 Å². The molecule has 1 heterocycles. The summed E-state index contributed by atoms with van der Waals surface area (Å²) >= 11 is 0. The molecule has 1 aliphatic rings. The topological polar surface area (TPSA) is 121 Å². The fourth-order valence-electron chi connectivity index (χ4n) is 2.71. The number of fused-ring (bicyclic) bond motifs is 1. The summed E-state index contributed by atoms with van der Waals surface area (Å²) in [6.45, 7) is 0. The van der Waals surface area contributed by atoms with Crippen molar-refractivity contribution >= 4 is 19.2 Å². The van der Waals surface area contributed by atoms with Crippen LogP contribution in [0.2, 0.25) is 0 Å². The average Bonchev–Trinajstić information content (AvgIpc) is 2.88. The monoisotopic (exact) mass is 335 g/mol. The molecule has 0 bridgehead atoms. The third kappa shape index (κ3) is 2.12. The Morgan fingerprint density at radius 1 is 1.22 bits per heavy atom. The third-order valence-electron chi connectivity index (χ3n) is 3.82. The molecule has 0 fully saturated rings. The van der Waals surface area contributed by atoms with E-state index in [1.807, 2.05) is 0 Å². The van der Waals surface area contributed by atoms with E-state index in [0.29, 0.717) is 11.4 Å². The van der Waals surface area contributed by atoms with Crippen molar-refractivity contribution in [3.8, 4) is 17.9 Å². The van der Waals surface area contributed by atoms with Crippen molar-refractivity contribution in [3.05, 3.63) is 23.8 Å². The lowest BCUT2D eigenvalue weighted by molar-refractivity contribution is -0.119. The van der Waals surface area contributed by atoms with Crippen LogP contribution in [0, 0.1) is 28.6 Å². The maximum atomic E-state index is 13.2. The van der Waals surface area contributed by atoms with Gasteiger partial charge in [-0.25, -0.2) is 0 Å². The average molecular weight is 335 g/mol. The van der Waals surface area contributed by atoms with E-state index in [1.54, 1.807) is 18.2 Å². The van der Waals surface area contributed by atoms with Gasteiger partial charge >= 0.3 is 7.60 Å². The predicted molar refractivity (Wildman–Crippen MR) is 79.6 cm³/mol. The molecule has 120 valence electrons. The van der Waals surface area contributed by atoms with Crippen molar-refractivity contribution in [3.63, 3.8) is 0 Å². The quantitative estimate of drug-likeness (QED) is 0.816. The lowest BCUT2D eigenvalue weighted by atomic mass is 9.87. The van der Waals surface area contributed by atoms with E-state index in [-0.39, 0.29) is 5.56 Å². The highest BCUT2D eigenvalue weighted by Gasteiger charge is 2.67. The lowest BCUT2D eigenvalue weighted by Gasteiger charge is -2.33. The number of amides is 1. The van der Waals surface area contributed by atoms with Crippen molar-refractivity contribution < 1.29 is 23.1 Å². The van der Waals surface area contributed by atoms with Crippen molar-refractivity contribution in [2.75, 3.05) is 26.6 Å². The van der Waals surface area contributed by atoms with Crippen LogP contribution < -0.4 is 10.1 Å². The standard InChI is InChI=1S/C14H14N3O5P/c1-20-10-4-5-12-11(6-10)14(13(18)17-12,9(7-15)8-16)23(19,21-2)22-3/h4-6,9H,1-3H3,(H,17,18)/t14-/m0/s1. The first-order chi connectivity index (χ1) is 10.9. The summed E-state index contributed by atoms with van der Waals surface area (Å²) in [7, 11) is -0.557. The first-order valence-corrected chi connectivity index (χ1v) is 8.00. The molecule has 0 aliphatic carbocycles. The van der Waals surface area contributed by atoms with Crippen LogP contribution in [0.15, 0.2) is 18.2 Å². The van der Waals surface area contributed by atoms with Crippen LogP contribution in [0.5, 0.6) is 5.75 Å². The van der Waals surface area contributed by atoms with Gasteiger partial charge in [0, 0.05) is 25.5 Å². The SMILES string of the molecule is COc1ccc2c(c1)[C@](C(C#N)C#N)(P(=O)(OC)OC)C(=O)N2. The van der Waals surface area contributed by atoms with E-state index < -0.39 is 24.6 Å². The molecule has 2 rings (SSSR count). The number of nitrogens with one attached hydrogen (secondary N) is 1. The molecule has 8 nitrogen and oxygen atoms in total. The van der Waals surface area contributed by atoms with Gasteiger partial charge in [0.05, 0.1) is 19.2 Å². The van der Waals surface area contributed by atoms with Gasteiger partial charge < -0.3 is 19.1 Å². The zero-order valence-electron chi connectivity index (χ0n) is 12.7. The van der Waals surface area contributed by atoms with Gasteiger partial charge in [-0.3, -0.25) is 9.36 Å². The number of carbonyl (C=O) groups is 1. The molecular weight excluding hydrogens is 321 g/mol. The maximum absolute atomic E-state index is 13.2. The number of ether oxygens (including phenoxy) is 1. The second kappa shape index (κ2) is 6.02. The first-order valence-electron chi connectivity index (χ1n) is 6.46. The molecule has 0 saturated heterocycles. The molecule has 1 N–H and O–H groups in total. The number of nitriles is 2. The number of anilines is 1. The second-order valence-corrected chi connectivity index (χ2v) is 7.12. The summed E-state index contributed by atoms with van der Waals surface area (Å²) in [5.74, 6) is -2.00. The number of nitrogens with zero attached hydrogens (tertiary/aromatic N) is 2. The van der Waals surface area contributed by atoms with Crippen LogP contribution in [0.25, 0.3) is 0 Å². The number of rotatable bonds is 5. The normalized spacial score (nSPS) is 19.7. The van der Waals surface area contributed by atoms with E-state index >= 15 is 0 Å². The minimum atomic E-state index is -4.18. The van der Waals surface area contributed by atoms with Crippen molar-refractivity contribution in [2.45, 2.75) is 5.16 Å². The van der Waals surface area contributed by atoms with E-state index in [1.165, 1.54) is 19.2 Å². The molecule has 0 radical (unpaired) electrons. The van der Waals surface area contributed by atoms with Crippen LogP contribution in [0.1, 0.15) is 5.56 Å². The van der Waals surface area contributed by atoms with Crippen LogP contribution >= 0.6 is 7.60 Å².